The van der Waals surface area contributed by atoms with Crippen LogP contribution in [0.25, 0.3) is 0 Å². The number of aromatic amines is 1. The molecule has 15 nitrogen and oxygen atoms in total. The molecule has 4 unspecified atom stereocenters. The molecule has 15 heteroatoms. The van der Waals surface area contributed by atoms with Gasteiger partial charge in [0.2, 0.25) is 17.7 Å². The number of rotatable bonds is 15. The lowest BCUT2D eigenvalue weighted by Gasteiger charge is -2.26. The predicted octanol–water partition coefficient (Wildman–Crippen LogP) is -2.19. The standard InChI is InChI=1S/C20H30N6O9/c1-9(2)16(26-17(31)11(21)5-10-7-22-8-23-10)19(33)24-12(3-4-14(27)28)18(32)25-13(20(34)35)6-15(29)30/h7-9,11-13,16H,3-6,21H2,1-2H3,(H,22,23)(H,24,33)(H,25,32)(H,26,31)(H,27,28)(H,29,30)(H,34,35). The lowest BCUT2D eigenvalue weighted by atomic mass is 10.0. The zero-order chi connectivity index (χ0) is 26.7. The zero-order valence-corrected chi connectivity index (χ0v) is 19.2. The molecule has 4 atom stereocenters. The van der Waals surface area contributed by atoms with E-state index in [4.69, 9.17) is 21.1 Å². The molecule has 0 aromatic carbocycles. The number of hydrogen-bond donors (Lipinski definition) is 8. The number of H-pyrrole nitrogens is 1. The van der Waals surface area contributed by atoms with Crippen LogP contribution in [0.4, 0.5) is 0 Å². The van der Waals surface area contributed by atoms with Gasteiger partial charge in [0.15, 0.2) is 0 Å². The second-order valence-electron chi connectivity index (χ2n) is 8.11. The maximum atomic E-state index is 12.9. The minimum absolute atomic E-state index is 0.113. The zero-order valence-electron chi connectivity index (χ0n) is 19.2. The second-order valence-corrected chi connectivity index (χ2v) is 8.11. The minimum Gasteiger partial charge on any atom is -0.481 e. The highest BCUT2D eigenvalue weighted by Crippen LogP contribution is 2.07. The Bertz CT molecular complexity index is 918. The lowest BCUT2D eigenvalue weighted by Crippen LogP contribution is -2.58. The van der Waals surface area contributed by atoms with Gasteiger partial charge in [0.05, 0.1) is 18.8 Å². The van der Waals surface area contributed by atoms with Crippen LogP contribution in [0.2, 0.25) is 0 Å². The van der Waals surface area contributed by atoms with Gasteiger partial charge in [-0.25, -0.2) is 9.78 Å². The summed E-state index contributed by atoms with van der Waals surface area (Å²) in [4.78, 5) is 77.7. The van der Waals surface area contributed by atoms with E-state index in [1.54, 1.807) is 13.8 Å². The Morgan fingerprint density at radius 2 is 1.57 bits per heavy atom. The fourth-order valence-electron chi connectivity index (χ4n) is 2.97. The number of amides is 3. The molecule has 0 aliphatic carbocycles. The third-order valence-corrected chi connectivity index (χ3v) is 4.85. The summed E-state index contributed by atoms with van der Waals surface area (Å²) in [7, 11) is 0. The molecule has 1 aromatic rings. The summed E-state index contributed by atoms with van der Waals surface area (Å²) in [5.41, 5.74) is 6.48. The molecule has 0 bridgehead atoms. The molecule has 3 amide bonds. The topological polar surface area (TPSA) is 254 Å². The summed E-state index contributed by atoms with van der Waals surface area (Å²) in [5.74, 6) is -7.44. The highest BCUT2D eigenvalue weighted by Gasteiger charge is 2.32. The number of aliphatic carboxylic acids is 3. The molecule has 0 saturated carbocycles. The molecule has 9 N–H and O–H groups in total. The average Bonchev–Trinajstić information content (AvgIpc) is 3.26. The summed E-state index contributed by atoms with van der Waals surface area (Å²) < 4.78 is 0. The Morgan fingerprint density at radius 1 is 0.943 bits per heavy atom. The summed E-state index contributed by atoms with van der Waals surface area (Å²) in [6, 6.07) is -5.50. The van der Waals surface area contributed by atoms with Gasteiger partial charge in [-0.3, -0.25) is 24.0 Å². The van der Waals surface area contributed by atoms with Crippen LogP contribution in [-0.2, 0) is 35.2 Å². The van der Waals surface area contributed by atoms with Gasteiger partial charge in [0.25, 0.3) is 0 Å². The van der Waals surface area contributed by atoms with Crippen molar-refractivity contribution in [1.29, 1.82) is 0 Å². The summed E-state index contributed by atoms with van der Waals surface area (Å²) in [6.07, 6.45) is 1.12. The van der Waals surface area contributed by atoms with Crippen molar-refractivity contribution in [3.8, 4) is 0 Å². The number of nitrogens with two attached hydrogens (primary N) is 1. The fourth-order valence-corrected chi connectivity index (χ4v) is 2.97. The number of nitrogens with one attached hydrogen (secondary N) is 4. The maximum absolute atomic E-state index is 12.9. The number of aromatic nitrogens is 2. The van der Waals surface area contributed by atoms with Gasteiger partial charge in [-0.05, 0) is 12.3 Å². The van der Waals surface area contributed by atoms with Crippen LogP contribution in [0.15, 0.2) is 12.5 Å². The minimum atomic E-state index is -1.80. The van der Waals surface area contributed by atoms with Crippen LogP contribution in [0.3, 0.4) is 0 Å². The van der Waals surface area contributed by atoms with E-state index in [0.29, 0.717) is 5.69 Å². The number of nitrogens with zero attached hydrogens (tertiary/aromatic N) is 1. The van der Waals surface area contributed by atoms with E-state index in [2.05, 4.69) is 20.6 Å². The van der Waals surface area contributed by atoms with Gasteiger partial charge in [0, 0.05) is 24.7 Å². The van der Waals surface area contributed by atoms with Gasteiger partial charge in [-0.15, -0.1) is 0 Å². The molecule has 0 spiro atoms. The van der Waals surface area contributed by atoms with E-state index >= 15 is 0 Å². The highest BCUT2D eigenvalue weighted by atomic mass is 16.4. The van der Waals surface area contributed by atoms with E-state index in [0.717, 1.165) is 0 Å². The molecule has 1 heterocycles. The highest BCUT2D eigenvalue weighted by molar-refractivity contribution is 5.95. The van der Waals surface area contributed by atoms with Crippen LogP contribution in [0.1, 0.15) is 38.8 Å². The van der Waals surface area contributed by atoms with E-state index in [9.17, 15) is 28.8 Å². The van der Waals surface area contributed by atoms with Crippen molar-refractivity contribution in [2.45, 2.75) is 63.7 Å². The Hall–Kier alpha value is -4.01. The van der Waals surface area contributed by atoms with Crippen LogP contribution < -0.4 is 21.7 Å². The first kappa shape index (κ1) is 29.0. The first-order chi connectivity index (χ1) is 16.3. The summed E-state index contributed by atoms with van der Waals surface area (Å²) in [6.45, 7) is 3.23. The quantitative estimate of drug-likeness (QED) is 0.129. The molecule has 35 heavy (non-hydrogen) atoms. The van der Waals surface area contributed by atoms with Gasteiger partial charge in [0.1, 0.15) is 18.1 Å². The monoisotopic (exact) mass is 498 g/mol. The Labute approximate surface area is 199 Å². The van der Waals surface area contributed by atoms with Crippen molar-refractivity contribution in [3.63, 3.8) is 0 Å². The van der Waals surface area contributed by atoms with Crippen molar-refractivity contribution in [2.75, 3.05) is 0 Å². The van der Waals surface area contributed by atoms with Gasteiger partial charge in [-0.2, -0.15) is 0 Å². The van der Waals surface area contributed by atoms with Crippen LogP contribution in [-0.4, -0.2) is 85.1 Å². The first-order valence-electron chi connectivity index (χ1n) is 10.6. The molecule has 1 rings (SSSR count). The fraction of sp³-hybridized carbons (Fsp3) is 0.550. The van der Waals surface area contributed by atoms with E-state index in [1.165, 1.54) is 12.5 Å². The van der Waals surface area contributed by atoms with E-state index < -0.39 is 85.0 Å². The van der Waals surface area contributed by atoms with Crippen LogP contribution >= 0.6 is 0 Å². The third kappa shape index (κ3) is 10.2. The Balaban J connectivity index is 2.94. The van der Waals surface area contributed by atoms with Crippen molar-refractivity contribution in [3.05, 3.63) is 18.2 Å². The molecule has 0 aliphatic rings. The number of imidazole rings is 1. The molecular formula is C20H30N6O9. The molecule has 194 valence electrons. The number of hydrogen-bond acceptors (Lipinski definition) is 8. The predicted molar refractivity (Wildman–Crippen MR) is 118 cm³/mol. The SMILES string of the molecule is CC(C)C(NC(=O)C(N)Cc1cnc[nH]1)C(=O)NC(CCC(=O)O)C(=O)NC(CC(=O)O)C(=O)O. The number of carboxylic acids is 3. The normalized spacial score (nSPS) is 14.3. The Morgan fingerprint density at radius 3 is 2.06 bits per heavy atom. The first-order valence-corrected chi connectivity index (χ1v) is 10.6. The van der Waals surface area contributed by atoms with Gasteiger partial charge >= 0.3 is 17.9 Å². The average molecular weight is 498 g/mol. The van der Waals surface area contributed by atoms with Gasteiger partial charge in [-0.1, -0.05) is 13.8 Å². The molecule has 0 saturated heterocycles. The Kier molecular flexibility index (Phi) is 11.3. The lowest BCUT2D eigenvalue weighted by molar-refractivity contribution is -0.147. The maximum Gasteiger partial charge on any atom is 0.326 e. The second kappa shape index (κ2) is 13.6. The number of carbonyl (C=O) groups excluding carboxylic acids is 3. The number of carbonyl (C=O) groups is 6. The van der Waals surface area contributed by atoms with Gasteiger partial charge < -0.3 is 42.0 Å². The molecule has 0 radical (unpaired) electrons. The van der Waals surface area contributed by atoms with Crippen molar-refractivity contribution in [1.82, 2.24) is 25.9 Å². The third-order valence-electron chi connectivity index (χ3n) is 4.85. The van der Waals surface area contributed by atoms with Crippen molar-refractivity contribution in [2.24, 2.45) is 11.7 Å². The largest absolute Gasteiger partial charge is 0.481 e. The molecule has 0 aliphatic heterocycles. The van der Waals surface area contributed by atoms with Crippen LogP contribution in [0.5, 0.6) is 0 Å². The van der Waals surface area contributed by atoms with Crippen LogP contribution in [0, 0.1) is 5.92 Å². The van der Waals surface area contributed by atoms with E-state index in [-0.39, 0.29) is 6.42 Å². The smallest absolute Gasteiger partial charge is 0.326 e. The summed E-state index contributed by atoms with van der Waals surface area (Å²) in [5, 5.41) is 33.7. The van der Waals surface area contributed by atoms with E-state index in [1.807, 2.05) is 5.32 Å². The molecular weight excluding hydrogens is 468 g/mol. The molecule has 1 aromatic heterocycles. The van der Waals surface area contributed by atoms with Crippen molar-refractivity contribution >= 4 is 35.6 Å². The number of carboxylic acid groups (broad SMARTS) is 3. The summed E-state index contributed by atoms with van der Waals surface area (Å²) >= 11 is 0. The molecule has 0 fully saturated rings. The van der Waals surface area contributed by atoms with Crippen molar-refractivity contribution < 1.29 is 44.1 Å².